The van der Waals surface area contributed by atoms with Gasteiger partial charge in [-0.15, -0.1) is 0 Å². The summed E-state index contributed by atoms with van der Waals surface area (Å²) in [5.41, 5.74) is 0. The van der Waals surface area contributed by atoms with Crippen LogP contribution in [0.25, 0.3) is 0 Å². The lowest BCUT2D eigenvalue weighted by Crippen LogP contribution is -2.45. The summed E-state index contributed by atoms with van der Waals surface area (Å²) in [6.45, 7) is 4.14. The Balaban J connectivity index is 3.81. The molecule has 0 rings (SSSR count). The molecule has 0 aromatic heterocycles. The molecular weight excluding hydrogens is 687 g/mol. The molecule has 56 heavy (non-hydrogen) atoms. The van der Waals surface area contributed by atoms with Gasteiger partial charge in [0.05, 0.1) is 18.8 Å². The van der Waals surface area contributed by atoms with E-state index >= 15 is 0 Å². The summed E-state index contributed by atoms with van der Waals surface area (Å²) < 4.78 is 0. The summed E-state index contributed by atoms with van der Waals surface area (Å²) in [7, 11) is 0. The van der Waals surface area contributed by atoms with E-state index in [-0.39, 0.29) is 12.5 Å². The van der Waals surface area contributed by atoms with Gasteiger partial charge in [0.2, 0.25) is 5.91 Å². The van der Waals surface area contributed by atoms with Crippen molar-refractivity contribution >= 4 is 5.91 Å². The van der Waals surface area contributed by atoms with Crippen molar-refractivity contribution in [2.24, 2.45) is 0 Å². The highest BCUT2D eigenvalue weighted by molar-refractivity contribution is 5.76. The van der Waals surface area contributed by atoms with E-state index in [2.05, 4.69) is 129 Å². The predicted octanol–water partition coefficient (Wildman–Crippen LogP) is 14.6. The van der Waals surface area contributed by atoms with Gasteiger partial charge >= 0.3 is 0 Å². The fourth-order valence-corrected chi connectivity index (χ4v) is 5.96. The number of hydrogen-bond acceptors (Lipinski definition) is 3. The molecule has 0 aliphatic carbocycles. The number of hydrogen-bond donors (Lipinski definition) is 3. The highest BCUT2D eigenvalue weighted by Gasteiger charge is 2.17. The molecule has 2 unspecified atom stereocenters. The third-order valence-electron chi connectivity index (χ3n) is 9.41. The molecule has 0 aliphatic rings. The molecule has 0 aromatic carbocycles. The fourth-order valence-electron chi connectivity index (χ4n) is 5.96. The van der Waals surface area contributed by atoms with Gasteiger partial charge in [0.1, 0.15) is 0 Å². The average molecular weight is 772 g/mol. The van der Waals surface area contributed by atoms with Crippen LogP contribution in [-0.4, -0.2) is 34.9 Å². The first-order chi connectivity index (χ1) is 27.7. The molecule has 0 aliphatic heterocycles. The number of unbranched alkanes of at least 4 members (excludes halogenated alkanes) is 14. The molecule has 0 radical (unpaired) electrons. The van der Waals surface area contributed by atoms with Gasteiger partial charge in [0.15, 0.2) is 0 Å². The van der Waals surface area contributed by atoms with E-state index in [1.54, 1.807) is 6.08 Å². The third kappa shape index (κ3) is 41.9. The van der Waals surface area contributed by atoms with Gasteiger partial charge in [-0.3, -0.25) is 4.79 Å². The number of aliphatic hydroxyl groups excluding tert-OH is 2. The Morgan fingerprint density at radius 3 is 1.25 bits per heavy atom. The van der Waals surface area contributed by atoms with Crippen LogP contribution >= 0.6 is 0 Å². The minimum absolute atomic E-state index is 0.141. The SMILES string of the molecule is CC/C=C\C/C=C\C/C=C\C/C=C\C/C=C\C/C=C\C/C=C\CCCC(=O)NC(CO)C(O)/C=C/CC/C=C/CC/C=C/CCCCCCCCCCCCC. The van der Waals surface area contributed by atoms with Gasteiger partial charge in [0, 0.05) is 6.42 Å². The molecule has 0 bridgehead atoms. The first-order valence-electron chi connectivity index (χ1n) is 22.7. The average Bonchev–Trinajstić information content (AvgIpc) is 3.20. The van der Waals surface area contributed by atoms with Gasteiger partial charge < -0.3 is 15.5 Å². The quantitative estimate of drug-likeness (QED) is 0.0430. The van der Waals surface area contributed by atoms with Crippen molar-refractivity contribution < 1.29 is 15.0 Å². The van der Waals surface area contributed by atoms with Crippen molar-refractivity contribution in [3.63, 3.8) is 0 Å². The number of nitrogens with one attached hydrogen (secondary N) is 1. The highest BCUT2D eigenvalue weighted by Crippen LogP contribution is 2.12. The Kier molecular flexibility index (Phi) is 43.5. The molecule has 0 aromatic rings. The molecule has 0 saturated heterocycles. The predicted molar refractivity (Wildman–Crippen MR) is 248 cm³/mol. The second-order valence-electron chi connectivity index (χ2n) is 14.7. The summed E-state index contributed by atoms with van der Waals surface area (Å²) in [6.07, 6.45) is 71.7. The maximum Gasteiger partial charge on any atom is 0.220 e. The van der Waals surface area contributed by atoms with E-state index in [9.17, 15) is 15.0 Å². The van der Waals surface area contributed by atoms with Crippen LogP contribution in [0.3, 0.4) is 0 Å². The maximum atomic E-state index is 12.4. The van der Waals surface area contributed by atoms with Gasteiger partial charge in [-0.1, -0.05) is 200 Å². The Labute approximate surface area is 346 Å². The minimum atomic E-state index is -0.903. The number of amides is 1. The molecule has 4 heteroatoms. The zero-order chi connectivity index (χ0) is 40.7. The number of carbonyl (C=O) groups is 1. The minimum Gasteiger partial charge on any atom is -0.394 e. The third-order valence-corrected chi connectivity index (χ3v) is 9.41. The Morgan fingerprint density at radius 2 is 0.804 bits per heavy atom. The largest absolute Gasteiger partial charge is 0.394 e. The first kappa shape index (κ1) is 52.8. The summed E-state index contributed by atoms with van der Waals surface area (Å²) in [5.74, 6) is -0.141. The van der Waals surface area contributed by atoms with Crippen LogP contribution in [0.2, 0.25) is 0 Å². The Bertz CT molecular complexity index is 1150. The second-order valence-corrected chi connectivity index (χ2v) is 14.7. The van der Waals surface area contributed by atoms with E-state index < -0.39 is 12.1 Å². The monoisotopic (exact) mass is 772 g/mol. The zero-order valence-electron chi connectivity index (χ0n) is 36.1. The van der Waals surface area contributed by atoms with Crippen LogP contribution in [0.5, 0.6) is 0 Å². The summed E-state index contributed by atoms with van der Waals surface area (Å²) in [4.78, 5) is 12.4. The van der Waals surface area contributed by atoms with Crippen LogP contribution < -0.4 is 5.32 Å². The van der Waals surface area contributed by atoms with Gasteiger partial charge in [0.25, 0.3) is 0 Å². The molecule has 0 saturated carbocycles. The van der Waals surface area contributed by atoms with Crippen LogP contribution in [0.4, 0.5) is 0 Å². The number of aliphatic hydroxyl groups is 2. The van der Waals surface area contributed by atoms with Crippen molar-refractivity contribution in [3.05, 3.63) is 122 Å². The summed E-state index contributed by atoms with van der Waals surface area (Å²) >= 11 is 0. The number of allylic oxidation sites excluding steroid dienone is 19. The van der Waals surface area contributed by atoms with Crippen molar-refractivity contribution in [3.8, 4) is 0 Å². The highest BCUT2D eigenvalue weighted by atomic mass is 16.3. The molecule has 0 fully saturated rings. The lowest BCUT2D eigenvalue weighted by Gasteiger charge is -2.19. The van der Waals surface area contributed by atoms with Crippen molar-refractivity contribution in [2.75, 3.05) is 6.61 Å². The Morgan fingerprint density at radius 1 is 0.446 bits per heavy atom. The summed E-state index contributed by atoms with van der Waals surface area (Å²) in [6, 6.07) is -0.685. The number of carbonyl (C=O) groups excluding carboxylic acids is 1. The summed E-state index contributed by atoms with van der Waals surface area (Å²) in [5, 5.41) is 23.0. The molecule has 3 N–H and O–H groups in total. The zero-order valence-corrected chi connectivity index (χ0v) is 36.1. The topological polar surface area (TPSA) is 69.6 Å². The van der Waals surface area contributed by atoms with E-state index in [1.807, 2.05) is 6.08 Å². The van der Waals surface area contributed by atoms with E-state index in [0.717, 1.165) is 83.5 Å². The van der Waals surface area contributed by atoms with Crippen LogP contribution in [-0.2, 0) is 4.79 Å². The van der Waals surface area contributed by atoms with E-state index in [1.165, 1.54) is 77.0 Å². The normalized spacial score (nSPS) is 14.1. The van der Waals surface area contributed by atoms with Gasteiger partial charge in [-0.2, -0.15) is 0 Å². The van der Waals surface area contributed by atoms with Crippen LogP contribution in [0.15, 0.2) is 122 Å². The molecule has 4 nitrogen and oxygen atoms in total. The van der Waals surface area contributed by atoms with Crippen molar-refractivity contribution in [2.45, 2.75) is 193 Å². The van der Waals surface area contributed by atoms with Crippen molar-refractivity contribution in [1.29, 1.82) is 0 Å². The maximum absolute atomic E-state index is 12.4. The molecule has 2 atom stereocenters. The second kappa shape index (κ2) is 46.2. The van der Waals surface area contributed by atoms with Gasteiger partial charge in [-0.25, -0.2) is 0 Å². The molecule has 0 heterocycles. The van der Waals surface area contributed by atoms with Crippen LogP contribution in [0, 0.1) is 0 Å². The van der Waals surface area contributed by atoms with Crippen molar-refractivity contribution in [1.82, 2.24) is 5.32 Å². The van der Waals surface area contributed by atoms with E-state index in [0.29, 0.717) is 6.42 Å². The van der Waals surface area contributed by atoms with E-state index in [4.69, 9.17) is 0 Å². The Hall–Kier alpha value is -3.21. The smallest absolute Gasteiger partial charge is 0.220 e. The molecule has 0 spiro atoms. The standard InChI is InChI=1S/C52H85NO3/c1-3-5-7-9-11-13-15-17-19-21-23-25-26-28-30-32-34-36-38-40-42-44-46-48-52(56)53-50(49-54)51(55)47-45-43-41-39-37-35-33-31-29-27-24-22-20-18-16-14-12-10-8-6-4-2/h5,7,11,13,17,19,23,25,28-31,34,36-37,39-40,42,45,47,50-51,54-55H,3-4,6,8-10,12,14-16,18,20-22,24,26-27,32-33,35,38,41,43-44,46,48-49H2,1-2H3,(H,53,56)/b7-5-,13-11-,19-17-,25-23-,30-28-,31-29+,36-34-,39-37+,42-40-,47-45+. The molecular formula is C52H85NO3. The van der Waals surface area contributed by atoms with Gasteiger partial charge in [-0.05, 0) is 96.3 Å². The fraction of sp³-hybridized carbons (Fsp3) is 0.596. The molecule has 316 valence electrons. The molecule has 1 amide bonds. The lowest BCUT2D eigenvalue weighted by molar-refractivity contribution is -0.122. The van der Waals surface area contributed by atoms with Crippen LogP contribution in [0.1, 0.15) is 181 Å². The first-order valence-corrected chi connectivity index (χ1v) is 22.7. The lowest BCUT2D eigenvalue weighted by atomic mass is 10.1. The number of rotatable bonds is 39.